The molecule has 0 bridgehead atoms. The summed E-state index contributed by atoms with van der Waals surface area (Å²) in [7, 11) is -2.48. The van der Waals surface area contributed by atoms with Gasteiger partial charge < -0.3 is 5.11 Å². The standard InChI is InChI=1S/C13H13NO4S2/c1-9-8-19-11(13(15)16)12(9)20(17,18)14(2)10-6-4-3-5-7-10/h3-8H,1-2H3,(H,15,16). The Bertz CT molecular complexity index is 735. The molecular weight excluding hydrogens is 298 g/mol. The summed E-state index contributed by atoms with van der Waals surface area (Å²) in [6.45, 7) is 1.59. The second-order valence-corrected chi connectivity index (χ2v) is 6.98. The van der Waals surface area contributed by atoms with E-state index in [1.807, 2.05) is 0 Å². The van der Waals surface area contributed by atoms with E-state index in [-0.39, 0.29) is 9.77 Å². The minimum absolute atomic E-state index is 0.138. The lowest BCUT2D eigenvalue weighted by Crippen LogP contribution is -2.28. The minimum Gasteiger partial charge on any atom is -0.477 e. The summed E-state index contributed by atoms with van der Waals surface area (Å²) >= 11 is 0.918. The highest BCUT2D eigenvalue weighted by molar-refractivity contribution is 7.93. The number of rotatable bonds is 4. The van der Waals surface area contributed by atoms with Crippen LogP contribution in [0.1, 0.15) is 15.2 Å². The van der Waals surface area contributed by atoms with Crippen LogP contribution in [0.4, 0.5) is 5.69 Å². The number of para-hydroxylation sites is 1. The number of benzene rings is 1. The van der Waals surface area contributed by atoms with Crippen LogP contribution in [-0.2, 0) is 10.0 Å². The van der Waals surface area contributed by atoms with Crippen molar-refractivity contribution in [3.05, 3.63) is 46.2 Å². The molecule has 1 aromatic heterocycles. The third-order valence-corrected chi connectivity index (χ3v) is 6.04. The molecule has 1 heterocycles. The van der Waals surface area contributed by atoms with Crippen LogP contribution in [0.15, 0.2) is 40.6 Å². The molecule has 0 aliphatic carbocycles. The van der Waals surface area contributed by atoms with Gasteiger partial charge in [0.05, 0.1) is 5.69 Å². The van der Waals surface area contributed by atoms with Gasteiger partial charge >= 0.3 is 5.97 Å². The van der Waals surface area contributed by atoms with E-state index >= 15 is 0 Å². The molecule has 20 heavy (non-hydrogen) atoms. The van der Waals surface area contributed by atoms with Crippen molar-refractivity contribution >= 4 is 33.0 Å². The highest BCUT2D eigenvalue weighted by Crippen LogP contribution is 2.31. The van der Waals surface area contributed by atoms with Crippen LogP contribution >= 0.6 is 11.3 Å². The maximum atomic E-state index is 12.6. The van der Waals surface area contributed by atoms with Crippen LogP contribution < -0.4 is 4.31 Å². The minimum atomic E-state index is -3.89. The maximum absolute atomic E-state index is 12.6. The van der Waals surface area contributed by atoms with Crippen LogP contribution in [-0.4, -0.2) is 26.5 Å². The quantitative estimate of drug-likeness (QED) is 0.941. The third kappa shape index (κ3) is 2.41. The predicted octanol–water partition coefficient (Wildman–Crippen LogP) is 2.58. The lowest BCUT2D eigenvalue weighted by Gasteiger charge is -2.19. The molecule has 0 fully saturated rings. The summed E-state index contributed by atoms with van der Waals surface area (Å²) in [6, 6.07) is 8.53. The Labute approximate surface area is 121 Å². The number of aryl methyl sites for hydroxylation is 1. The molecule has 0 atom stereocenters. The first kappa shape index (κ1) is 14.5. The van der Waals surface area contributed by atoms with Gasteiger partial charge in [0.25, 0.3) is 10.0 Å². The number of carboxylic acids is 1. The van der Waals surface area contributed by atoms with Crippen molar-refractivity contribution in [2.24, 2.45) is 0 Å². The Morgan fingerprint density at radius 2 is 1.85 bits per heavy atom. The first-order valence-electron chi connectivity index (χ1n) is 5.71. The van der Waals surface area contributed by atoms with Crippen molar-refractivity contribution in [1.29, 1.82) is 0 Å². The van der Waals surface area contributed by atoms with Gasteiger partial charge in [-0.05, 0) is 30.0 Å². The Morgan fingerprint density at radius 1 is 1.25 bits per heavy atom. The number of thiophene rings is 1. The smallest absolute Gasteiger partial charge is 0.347 e. The molecule has 106 valence electrons. The van der Waals surface area contributed by atoms with Crippen molar-refractivity contribution in [1.82, 2.24) is 0 Å². The van der Waals surface area contributed by atoms with Gasteiger partial charge in [0.15, 0.2) is 0 Å². The van der Waals surface area contributed by atoms with E-state index in [2.05, 4.69) is 0 Å². The molecule has 7 heteroatoms. The average Bonchev–Trinajstić information content (AvgIpc) is 2.81. The molecule has 0 aliphatic heterocycles. The number of sulfonamides is 1. The average molecular weight is 311 g/mol. The number of nitrogens with zero attached hydrogens (tertiary/aromatic N) is 1. The Hall–Kier alpha value is -1.86. The number of carbonyl (C=O) groups is 1. The van der Waals surface area contributed by atoms with Crippen molar-refractivity contribution in [3.8, 4) is 0 Å². The summed E-state index contributed by atoms with van der Waals surface area (Å²) in [5, 5.41) is 10.7. The van der Waals surface area contributed by atoms with Gasteiger partial charge in [-0.15, -0.1) is 11.3 Å². The summed E-state index contributed by atoms with van der Waals surface area (Å²) in [6.07, 6.45) is 0. The maximum Gasteiger partial charge on any atom is 0.347 e. The van der Waals surface area contributed by atoms with Crippen LogP contribution in [0.2, 0.25) is 0 Å². The molecule has 0 spiro atoms. The van der Waals surface area contributed by atoms with Gasteiger partial charge in [0.1, 0.15) is 9.77 Å². The molecule has 0 amide bonds. The van der Waals surface area contributed by atoms with Crippen LogP contribution in [0.25, 0.3) is 0 Å². The topological polar surface area (TPSA) is 74.7 Å². The fourth-order valence-electron chi connectivity index (χ4n) is 1.82. The number of aromatic carboxylic acids is 1. The lowest BCUT2D eigenvalue weighted by molar-refractivity contribution is 0.0698. The van der Waals surface area contributed by atoms with Crippen LogP contribution in [0.5, 0.6) is 0 Å². The zero-order valence-corrected chi connectivity index (χ0v) is 12.5. The van der Waals surface area contributed by atoms with Crippen LogP contribution in [0, 0.1) is 6.92 Å². The fraction of sp³-hybridized carbons (Fsp3) is 0.154. The summed E-state index contributed by atoms with van der Waals surface area (Å²) in [4.78, 5) is 10.9. The van der Waals surface area contributed by atoms with E-state index in [1.54, 1.807) is 37.3 Å². The van der Waals surface area contributed by atoms with Gasteiger partial charge in [-0.25, -0.2) is 13.2 Å². The molecule has 0 unspecified atom stereocenters. The normalized spacial score (nSPS) is 11.3. The molecule has 5 nitrogen and oxygen atoms in total. The molecule has 2 aromatic rings. The monoisotopic (exact) mass is 311 g/mol. The Balaban J connectivity index is 2.57. The Kier molecular flexibility index (Phi) is 3.82. The predicted molar refractivity (Wildman–Crippen MR) is 78.0 cm³/mol. The summed E-state index contributed by atoms with van der Waals surface area (Å²) in [5.41, 5.74) is 0.921. The largest absolute Gasteiger partial charge is 0.477 e. The second kappa shape index (κ2) is 5.26. The zero-order chi connectivity index (χ0) is 14.9. The fourth-order valence-corrected chi connectivity index (χ4v) is 4.59. The van der Waals surface area contributed by atoms with Crippen molar-refractivity contribution in [2.75, 3.05) is 11.4 Å². The van der Waals surface area contributed by atoms with Gasteiger partial charge in [0.2, 0.25) is 0 Å². The van der Waals surface area contributed by atoms with E-state index in [0.29, 0.717) is 11.3 Å². The van der Waals surface area contributed by atoms with Gasteiger partial charge in [-0.2, -0.15) is 0 Å². The molecule has 2 rings (SSSR count). The highest BCUT2D eigenvalue weighted by Gasteiger charge is 2.30. The molecule has 0 saturated carbocycles. The van der Waals surface area contributed by atoms with E-state index < -0.39 is 16.0 Å². The molecule has 0 radical (unpaired) electrons. The first-order chi connectivity index (χ1) is 9.35. The zero-order valence-electron chi connectivity index (χ0n) is 10.9. The van der Waals surface area contributed by atoms with Crippen molar-refractivity contribution in [2.45, 2.75) is 11.8 Å². The molecule has 0 aliphatic rings. The van der Waals surface area contributed by atoms with Crippen molar-refractivity contribution in [3.63, 3.8) is 0 Å². The molecular formula is C13H13NO4S2. The first-order valence-corrected chi connectivity index (χ1v) is 8.03. The van der Waals surface area contributed by atoms with Gasteiger partial charge in [-0.1, -0.05) is 18.2 Å². The second-order valence-electron chi connectivity index (χ2n) is 4.19. The lowest BCUT2D eigenvalue weighted by atomic mass is 10.3. The Morgan fingerprint density at radius 3 is 2.40 bits per heavy atom. The van der Waals surface area contributed by atoms with Crippen LogP contribution in [0.3, 0.4) is 0 Å². The number of anilines is 1. The van der Waals surface area contributed by atoms with Gasteiger partial charge in [-0.3, -0.25) is 4.31 Å². The van der Waals surface area contributed by atoms with Gasteiger partial charge in [0, 0.05) is 7.05 Å². The van der Waals surface area contributed by atoms with E-state index in [0.717, 1.165) is 15.6 Å². The highest BCUT2D eigenvalue weighted by atomic mass is 32.2. The molecule has 1 aromatic carbocycles. The molecule has 0 saturated heterocycles. The number of hydrogen-bond donors (Lipinski definition) is 1. The molecule has 1 N–H and O–H groups in total. The summed E-state index contributed by atoms with van der Waals surface area (Å²) in [5.74, 6) is -1.23. The van der Waals surface area contributed by atoms with Crippen molar-refractivity contribution < 1.29 is 18.3 Å². The number of hydrogen-bond acceptors (Lipinski definition) is 4. The van der Waals surface area contributed by atoms with E-state index in [1.165, 1.54) is 12.4 Å². The number of carboxylic acid groups (broad SMARTS) is 1. The SMILES string of the molecule is Cc1csc(C(=O)O)c1S(=O)(=O)N(C)c1ccccc1. The summed E-state index contributed by atoms with van der Waals surface area (Å²) < 4.78 is 26.3. The van der Waals surface area contributed by atoms with E-state index in [4.69, 9.17) is 5.11 Å². The van der Waals surface area contributed by atoms with E-state index in [9.17, 15) is 13.2 Å². The third-order valence-electron chi connectivity index (χ3n) is 2.85.